The van der Waals surface area contributed by atoms with Crippen molar-refractivity contribution in [1.29, 1.82) is 0 Å². The summed E-state index contributed by atoms with van der Waals surface area (Å²) in [6, 6.07) is 9.60. The molecule has 2 aromatic rings. The smallest absolute Gasteiger partial charge is 0.226 e. The molecule has 3 rings (SSSR count). The molecule has 1 aliphatic rings. The van der Waals surface area contributed by atoms with Gasteiger partial charge in [0.15, 0.2) is 11.5 Å². The van der Waals surface area contributed by atoms with Gasteiger partial charge < -0.3 is 19.1 Å². The fraction of sp³-hybridized carbons (Fsp3) is 0.458. The highest BCUT2D eigenvalue weighted by molar-refractivity contribution is 5.79. The zero-order valence-corrected chi connectivity index (χ0v) is 18.1. The molecule has 0 saturated carbocycles. The lowest BCUT2D eigenvalue weighted by Gasteiger charge is -2.39. The highest BCUT2D eigenvalue weighted by Crippen LogP contribution is 2.39. The average molecular weight is 416 g/mol. The van der Waals surface area contributed by atoms with Crippen molar-refractivity contribution in [3.05, 3.63) is 53.3 Å². The molecule has 0 N–H and O–H groups in total. The molecule has 2 aromatic carbocycles. The van der Waals surface area contributed by atoms with Crippen LogP contribution in [0.4, 0.5) is 4.39 Å². The summed E-state index contributed by atoms with van der Waals surface area (Å²) in [4.78, 5) is 15.2. The quantitative estimate of drug-likeness (QED) is 0.622. The van der Waals surface area contributed by atoms with Crippen molar-refractivity contribution in [1.82, 2.24) is 4.90 Å². The van der Waals surface area contributed by atoms with Gasteiger partial charge in [-0.3, -0.25) is 4.79 Å². The molecule has 0 fully saturated rings. The van der Waals surface area contributed by atoms with Crippen molar-refractivity contribution >= 4 is 5.91 Å². The number of fused-ring (bicyclic) bond motifs is 1. The number of amides is 1. The first-order valence-corrected chi connectivity index (χ1v) is 10.5. The summed E-state index contributed by atoms with van der Waals surface area (Å²) in [6.45, 7) is 4.99. The molecule has 0 unspecified atom stereocenters. The number of methoxy groups -OCH3 is 2. The van der Waals surface area contributed by atoms with E-state index in [1.807, 2.05) is 30.9 Å². The van der Waals surface area contributed by atoms with E-state index in [4.69, 9.17) is 14.2 Å². The van der Waals surface area contributed by atoms with Crippen LogP contribution in [-0.4, -0.2) is 38.2 Å². The number of hydrogen-bond donors (Lipinski definition) is 0. The average Bonchev–Trinajstić information content (AvgIpc) is 2.78. The largest absolute Gasteiger partial charge is 0.493 e. The summed E-state index contributed by atoms with van der Waals surface area (Å²) in [6.07, 6.45) is 2.35. The Kier molecular flexibility index (Phi) is 7.19. The first kappa shape index (κ1) is 21.9. The number of carbonyl (C=O) groups excluding carboxylic acids is 1. The zero-order valence-electron chi connectivity index (χ0n) is 18.1. The van der Waals surface area contributed by atoms with Gasteiger partial charge in [0.2, 0.25) is 5.91 Å². The molecule has 0 aromatic heterocycles. The van der Waals surface area contributed by atoms with Gasteiger partial charge in [-0.15, -0.1) is 0 Å². The van der Waals surface area contributed by atoms with Crippen molar-refractivity contribution in [2.45, 2.75) is 39.2 Å². The summed E-state index contributed by atoms with van der Waals surface area (Å²) < 4.78 is 30.2. The third-order valence-corrected chi connectivity index (χ3v) is 5.84. The first-order valence-electron chi connectivity index (χ1n) is 10.5. The standard InChI is InChI=1S/C24H30FNO4/c1-5-16(6-2)24(27)26-12-11-17-13-22(28-3)23(29-4)14-20(17)21(26)15-30-19-9-7-18(25)8-10-19/h7-10,13-14,16,21H,5-6,11-12,15H2,1-4H3/t21-/m1/s1. The Morgan fingerprint density at radius 3 is 2.33 bits per heavy atom. The molecule has 1 amide bonds. The summed E-state index contributed by atoms with van der Waals surface area (Å²) in [5.74, 6) is 1.69. The lowest BCUT2D eigenvalue weighted by Crippen LogP contribution is -2.45. The van der Waals surface area contributed by atoms with Crippen molar-refractivity contribution < 1.29 is 23.4 Å². The van der Waals surface area contributed by atoms with E-state index in [1.54, 1.807) is 26.4 Å². The monoisotopic (exact) mass is 415 g/mol. The van der Waals surface area contributed by atoms with Gasteiger partial charge in [0, 0.05) is 12.5 Å². The summed E-state index contributed by atoms with van der Waals surface area (Å²) >= 11 is 0. The van der Waals surface area contributed by atoms with Gasteiger partial charge >= 0.3 is 0 Å². The highest BCUT2D eigenvalue weighted by atomic mass is 19.1. The number of nitrogens with zero attached hydrogens (tertiary/aromatic N) is 1. The van der Waals surface area contributed by atoms with E-state index in [2.05, 4.69) is 0 Å². The predicted octanol–water partition coefficient (Wildman–Crippen LogP) is 4.78. The Morgan fingerprint density at radius 1 is 1.10 bits per heavy atom. The van der Waals surface area contributed by atoms with E-state index in [0.717, 1.165) is 30.4 Å². The summed E-state index contributed by atoms with van der Waals surface area (Å²) in [7, 11) is 3.22. The van der Waals surface area contributed by atoms with Crippen molar-refractivity contribution in [3.8, 4) is 17.2 Å². The molecule has 0 radical (unpaired) electrons. The topological polar surface area (TPSA) is 48.0 Å². The molecule has 5 nitrogen and oxygen atoms in total. The minimum atomic E-state index is -0.312. The lowest BCUT2D eigenvalue weighted by atomic mass is 9.90. The highest BCUT2D eigenvalue weighted by Gasteiger charge is 2.34. The van der Waals surface area contributed by atoms with Crippen LogP contribution in [0.1, 0.15) is 43.9 Å². The van der Waals surface area contributed by atoms with Crippen LogP contribution < -0.4 is 14.2 Å². The van der Waals surface area contributed by atoms with E-state index >= 15 is 0 Å². The maximum absolute atomic E-state index is 13.3. The van der Waals surface area contributed by atoms with Gasteiger partial charge in [0.05, 0.1) is 20.3 Å². The van der Waals surface area contributed by atoms with Crippen LogP contribution in [0.15, 0.2) is 36.4 Å². The fourth-order valence-electron chi connectivity index (χ4n) is 4.05. The van der Waals surface area contributed by atoms with Crippen LogP contribution >= 0.6 is 0 Å². The molecule has 162 valence electrons. The van der Waals surface area contributed by atoms with E-state index in [-0.39, 0.29) is 30.3 Å². The Labute approximate surface area is 177 Å². The second-order valence-corrected chi connectivity index (χ2v) is 7.48. The number of ether oxygens (including phenoxy) is 3. The summed E-state index contributed by atoms with van der Waals surface area (Å²) in [5, 5.41) is 0. The predicted molar refractivity (Wildman–Crippen MR) is 114 cm³/mol. The van der Waals surface area contributed by atoms with E-state index in [1.165, 1.54) is 12.1 Å². The molecular weight excluding hydrogens is 385 g/mol. The van der Waals surface area contributed by atoms with Gasteiger partial charge in [0.25, 0.3) is 0 Å². The number of carbonyl (C=O) groups is 1. The number of rotatable bonds is 8. The van der Waals surface area contributed by atoms with E-state index in [0.29, 0.717) is 23.8 Å². The third kappa shape index (κ3) is 4.53. The minimum absolute atomic E-state index is 0.0139. The summed E-state index contributed by atoms with van der Waals surface area (Å²) in [5.41, 5.74) is 2.12. The first-order chi connectivity index (χ1) is 14.5. The zero-order chi connectivity index (χ0) is 21.7. The molecule has 0 bridgehead atoms. The van der Waals surface area contributed by atoms with Crippen LogP contribution in [0, 0.1) is 11.7 Å². The SMILES string of the molecule is CCC(CC)C(=O)N1CCc2cc(OC)c(OC)cc2[C@H]1COc1ccc(F)cc1. The Bertz CT molecular complexity index is 864. The maximum Gasteiger partial charge on any atom is 0.226 e. The fourth-order valence-corrected chi connectivity index (χ4v) is 4.05. The molecule has 1 heterocycles. The van der Waals surface area contributed by atoms with Gasteiger partial charge in [-0.2, -0.15) is 0 Å². The number of halogens is 1. The lowest BCUT2D eigenvalue weighted by molar-refractivity contribution is -0.139. The minimum Gasteiger partial charge on any atom is -0.493 e. The van der Waals surface area contributed by atoms with Crippen LogP contribution in [0.2, 0.25) is 0 Å². The molecule has 30 heavy (non-hydrogen) atoms. The van der Waals surface area contributed by atoms with Crippen molar-refractivity contribution in [2.75, 3.05) is 27.4 Å². The number of hydrogen-bond acceptors (Lipinski definition) is 4. The Hall–Kier alpha value is -2.76. The second kappa shape index (κ2) is 9.83. The van der Waals surface area contributed by atoms with E-state index in [9.17, 15) is 9.18 Å². The maximum atomic E-state index is 13.3. The van der Waals surface area contributed by atoms with Crippen LogP contribution in [-0.2, 0) is 11.2 Å². The van der Waals surface area contributed by atoms with Gasteiger partial charge in [-0.1, -0.05) is 13.8 Å². The molecule has 0 aliphatic carbocycles. The normalized spacial score (nSPS) is 15.7. The molecule has 1 atom stereocenters. The Balaban J connectivity index is 1.96. The van der Waals surface area contributed by atoms with Crippen molar-refractivity contribution in [3.63, 3.8) is 0 Å². The van der Waals surface area contributed by atoms with Crippen LogP contribution in [0.25, 0.3) is 0 Å². The molecular formula is C24H30FNO4. The molecule has 6 heteroatoms. The Morgan fingerprint density at radius 2 is 1.73 bits per heavy atom. The van der Waals surface area contributed by atoms with Crippen LogP contribution in [0.5, 0.6) is 17.2 Å². The van der Waals surface area contributed by atoms with Gasteiger partial charge in [-0.05, 0) is 66.8 Å². The molecule has 0 spiro atoms. The van der Waals surface area contributed by atoms with Crippen LogP contribution in [0.3, 0.4) is 0 Å². The van der Waals surface area contributed by atoms with Gasteiger partial charge in [-0.25, -0.2) is 4.39 Å². The van der Waals surface area contributed by atoms with Crippen molar-refractivity contribution in [2.24, 2.45) is 5.92 Å². The number of benzene rings is 2. The third-order valence-electron chi connectivity index (χ3n) is 5.84. The molecule has 1 aliphatic heterocycles. The van der Waals surface area contributed by atoms with E-state index < -0.39 is 0 Å². The van der Waals surface area contributed by atoms with Gasteiger partial charge in [0.1, 0.15) is 18.2 Å². The second-order valence-electron chi connectivity index (χ2n) is 7.48. The molecule has 0 saturated heterocycles.